The minimum Gasteiger partial charge on any atom is -0.456 e. The van der Waals surface area contributed by atoms with Crippen LogP contribution >= 0.6 is 0 Å². The average Bonchev–Trinajstić information content (AvgIpc) is 2.91. The van der Waals surface area contributed by atoms with Crippen molar-refractivity contribution in [1.82, 2.24) is 5.32 Å². The molecule has 1 aromatic carbocycles. The summed E-state index contributed by atoms with van der Waals surface area (Å²) >= 11 is 0. The Morgan fingerprint density at radius 3 is 2.52 bits per heavy atom. The molecule has 1 amide bonds. The van der Waals surface area contributed by atoms with Gasteiger partial charge in [-0.25, -0.2) is 4.79 Å². The van der Waals surface area contributed by atoms with Gasteiger partial charge in [-0.2, -0.15) is 0 Å². The summed E-state index contributed by atoms with van der Waals surface area (Å²) in [5.74, 6) is -1.35. The Labute approximate surface area is 119 Å². The summed E-state index contributed by atoms with van der Waals surface area (Å²) in [6.07, 6.45) is 0.611. The van der Waals surface area contributed by atoms with Crippen molar-refractivity contribution >= 4 is 23.3 Å². The van der Waals surface area contributed by atoms with Gasteiger partial charge in [0.25, 0.3) is 5.69 Å². The van der Waals surface area contributed by atoms with Crippen molar-refractivity contribution in [2.45, 2.75) is 18.9 Å². The molecule has 1 saturated heterocycles. The van der Waals surface area contributed by atoms with Crippen LogP contribution in [0.1, 0.15) is 23.2 Å². The fraction of sp³-hybridized carbons (Fsp3) is 0.308. The van der Waals surface area contributed by atoms with Crippen LogP contribution in [-0.4, -0.2) is 35.2 Å². The van der Waals surface area contributed by atoms with Crippen molar-refractivity contribution in [2.75, 3.05) is 6.61 Å². The highest BCUT2D eigenvalue weighted by molar-refractivity contribution is 5.98. The molecule has 0 spiro atoms. The number of Topliss-reactive ketones (excluding diaryl/α,β-unsaturated/α-hetero) is 1. The lowest BCUT2D eigenvalue weighted by molar-refractivity contribution is -0.384. The van der Waals surface area contributed by atoms with Crippen molar-refractivity contribution in [2.24, 2.45) is 0 Å². The molecule has 0 aromatic heterocycles. The Balaban J connectivity index is 1.88. The van der Waals surface area contributed by atoms with Crippen molar-refractivity contribution in [3.05, 3.63) is 39.9 Å². The van der Waals surface area contributed by atoms with Gasteiger partial charge in [-0.05, 0) is 18.6 Å². The molecule has 1 aliphatic rings. The molecule has 0 radical (unpaired) electrons. The van der Waals surface area contributed by atoms with Crippen molar-refractivity contribution in [3.63, 3.8) is 0 Å². The smallest absolute Gasteiger partial charge is 0.329 e. The van der Waals surface area contributed by atoms with Crippen LogP contribution in [0.4, 0.5) is 5.69 Å². The Kier molecular flexibility index (Phi) is 4.27. The molecular formula is C13H12N2O6. The molecule has 0 saturated carbocycles. The van der Waals surface area contributed by atoms with E-state index in [0.717, 1.165) is 0 Å². The maximum absolute atomic E-state index is 11.8. The third-order valence-electron chi connectivity index (χ3n) is 3.03. The maximum atomic E-state index is 11.8. The first-order valence-corrected chi connectivity index (χ1v) is 6.21. The van der Waals surface area contributed by atoms with Gasteiger partial charge >= 0.3 is 5.97 Å². The number of ether oxygens (including phenoxy) is 1. The standard InChI is InChI=1S/C13H12N2O6/c16-11(8-1-3-9(4-2-8)15(19)20)7-21-13(18)10-5-6-12(17)14-10/h1-4,10H,5-7H2,(H,14,17)/t10-/m0/s1. The number of non-ortho nitro benzene ring substituents is 1. The number of hydrogen-bond acceptors (Lipinski definition) is 6. The van der Waals surface area contributed by atoms with Gasteiger partial charge in [-0.1, -0.05) is 0 Å². The summed E-state index contributed by atoms with van der Waals surface area (Å²) in [6, 6.07) is 4.29. The molecule has 1 heterocycles. The number of nitrogens with zero attached hydrogens (tertiary/aromatic N) is 1. The minimum atomic E-state index is -0.706. The van der Waals surface area contributed by atoms with Gasteiger partial charge < -0.3 is 10.1 Å². The summed E-state index contributed by atoms with van der Waals surface area (Å²) in [5, 5.41) is 12.9. The summed E-state index contributed by atoms with van der Waals surface area (Å²) in [7, 11) is 0. The third kappa shape index (κ3) is 3.62. The molecule has 2 rings (SSSR count). The number of hydrogen-bond donors (Lipinski definition) is 1. The van der Waals surface area contributed by atoms with Gasteiger partial charge in [0.1, 0.15) is 6.04 Å². The molecule has 21 heavy (non-hydrogen) atoms. The number of rotatable bonds is 5. The molecular weight excluding hydrogens is 280 g/mol. The molecule has 0 aliphatic carbocycles. The second-order valence-electron chi connectivity index (χ2n) is 4.49. The summed E-state index contributed by atoms with van der Waals surface area (Å²) in [6.45, 7) is -0.469. The molecule has 1 aliphatic heterocycles. The fourth-order valence-corrected chi connectivity index (χ4v) is 1.88. The molecule has 1 fully saturated rings. The van der Waals surface area contributed by atoms with Gasteiger partial charge in [-0.15, -0.1) is 0 Å². The van der Waals surface area contributed by atoms with E-state index in [4.69, 9.17) is 4.74 Å². The van der Waals surface area contributed by atoms with Crippen molar-refractivity contribution in [3.8, 4) is 0 Å². The lowest BCUT2D eigenvalue weighted by atomic mass is 10.1. The lowest BCUT2D eigenvalue weighted by Crippen LogP contribution is -2.35. The average molecular weight is 292 g/mol. The lowest BCUT2D eigenvalue weighted by Gasteiger charge is -2.09. The normalized spacial score (nSPS) is 17.1. The number of carbonyl (C=O) groups excluding carboxylic acids is 3. The van der Waals surface area contributed by atoms with Gasteiger partial charge in [0.2, 0.25) is 5.91 Å². The molecule has 8 heteroatoms. The summed E-state index contributed by atoms with van der Waals surface area (Å²) < 4.78 is 4.83. The van der Waals surface area contributed by atoms with E-state index in [1.807, 2.05) is 0 Å². The van der Waals surface area contributed by atoms with Crippen LogP contribution < -0.4 is 5.32 Å². The highest BCUT2D eigenvalue weighted by Crippen LogP contribution is 2.13. The molecule has 8 nitrogen and oxygen atoms in total. The Morgan fingerprint density at radius 1 is 1.33 bits per heavy atom. The first kappa shape index (κ1) is 14.6. The van der Waals surface area contributed by atoms with Crippen molar-refractivity contribution in [1.29, 1.82) is 0 Å². The number of ketones is 1. The number of esters is 1. The van der Waals surface area contributed by atoms with Gasteiger partial charge in [0.15, 0.2) is 12.4 Å². The summed E-state index contributed by atoms with van der Waals surface area (Å²) in [5.41, 5.74) is 0.0843. The molecule has 1 N–H and O–H groups in total. The second-order valence-corrected chi connectivity index (χ2v) is 4.49. The number of carbonyl (C=O) groups is 3. The largest absolute Gasteiger partial charge is 0.456 e. The zero-order valence-electron chi connectivity index (χ0n) is 10.9. The van der Waals surface area contributed by atoms with E-state index in [-0.39, 0.29) is 23.6 Å². The van der Waals surface area contributed by atoms with E-state index in [1.165, 1.54) is 24.3 Å². The first-order valence-electron chi connectivity index (χ1n) is 6.21. The fourth-order valence-electron chi connectivity index (χ4n) is 1.88. The topological polar surface area (TPSA) is 116 Å². The quantitative estimate of drug-likeness (QED) is 0.367. The number of nitro benzene ring substituents is 1. The predicted molar refractivity (Wildman–Crippen MR) is 69.6 cm³/mol. The number of nitrogens with one attached hydrogen (secondary N) is 1. The van der Waals surface area contributed by atoms with Crippen LogP contribution in [0.15, 0.2) is 24.3 Å². The van der Waals surface area contributed by atoms with Crippen LogP contribution in [0.25, 0.3) is 0 Å². The van der Waals surface area contributed by atoms with Gasteiger partial charge in [0, 0.05) is 24.1 Å². The van der Waals surface area contributed by atoms with E-state index >= 15 is 0 Å². The van der Waals surface area contributed by atoms with Crippen LogP contribution in [-0.2, 0) is 14.3 Å². The van der Waals surface area contributed by atoms with Crippen LogP contribution in [0.5, 0.6) is 0 Å². The monoisotopic (exact) mass is 292 g/mol. The first-order chi connectivity index (χ1) is 9.97. The van der Waals surface area contributed by atoms with Crippen molar-refractivity contribution < 1.29 is 24.0 Å². The Bertz CT molecular complexity index is 595. The van der Waals surface area contributed by atoms with E-state index in [9.17, 15) is 24.5 Å². The van der Waals surface area contributed by atoms with E-state index in [1.54, 1.807) is 0 Å². The second kappa shape index (κ2) is 6.12. The summed E-state index contributed by atoms with van der Waals surface area (Å²) in [4.78, 5) is 44.2. The highest BCUT2D eigenvalue weighted by atomic mass is 16.6. The molecule has 0 unspecified atom stereocenters. The van der Waals surface area contributed by atoms with Gasteiger partial charge in [-0.3, -0.25) is 19.7 Å². The molecule has 0 bridgehead atoms. The highest BCUT2D eigenvalue weighted by Gasteiger charge is 2.28. The minimum absolute atomic E-state index is 0.128. The van der Waals surface area contributed by atoms with Crippen LogP contribution in [0.3, 0.4) is 0 Å². The van der Waals surface area contributed by atoms with Crippen LogP contribution in [0.2, 0.25) is 0 Å². The Hall–Kier alpha value is -2.77. The number of benzene rings is 1. The maximum Gasteiger partial charge on any atom is 0.329 e. The zero-order valence-corrected chi connectivity index (χ0v) is 10.9. The predicted octanol–water partition coefficient (Wildman–Crippen LogP) is 0.599. The van der Waals surface area contributed by atoms with E-state index in [2.05, 4.69) is 5.32 Å². The zero-order chi connectivity index (χ0) is 15.4. The SMILES string of the molecule is O=C1CC[C@@H](C(=O)OCC(=O)c2ccc([N+](=O)[O-])cc2)N1. The molecule has 1 aromatic rings. The number of amides is 1. The van der Waals surface area contributed by atoms with E-state index < -0.39 is 29.3 Å². The number of nitro groups is 1. The Morgan fingerprint density at radius 2 is 2.00 bits per heavy atom. The van der Waals surface area contributed by atoms with Gasteiger partial charge in [0.05, 0.1) is 4.92 Å². The molecule has 1 atom stereocenters. The molecule has 110 valence electrons. The van der Waals surface area contributed by atoms with Crippen LogP contribution in [0, 0.1) is 10.1 Å². The van der Waals surface area contributed by atoms with E-state index in [0.29, 0.717) is 6.42 Å². The third-order valence-corrected chi connectivity index (χ3v) is 3.03.